The first-order chi connectivity index (χ1) is 12.4. The summed E-state index contributed by atoms with van der Waals surface area (Å²) in [6.07, 6.45) is -0.0233. The number of Topliss-reactive ketones (excluding diaryl/α,β-unsaturated/α-hetero) is 1. The maximum absolute atomic E-state index is 12.0. The van der Waals surface area contributed by atoms with Crippen LogP contribution in [-0.2, 0) is 14.3 Å². The van der Waals surface area contributed by atoms with Crippen LogP contribution >= 0.6 is 15.9 Å². The number of halogens is 1. The third-order valence-electron chi connectivity index (χ3n) is 3.83. The fraction of sp³-hybridized carbons (Fsp3) is 0.250. The summed E-state index contributed by atoms with van der Waals surface area (Å²) in [5.41, 5.74) is 3.13. The highest BCUT2D eigenvalue weighted by atomic mass is 79.9. The highest BCUT2D eigenvalue weighted by Gasteiger charge is 2.13. The Balaban J connectivity index is 1.77. The van der Waals surface area contributed by atoms with Crippen molar-refractivity contribution in [2.24, 2.45) is 0 Å². The van der Waals surface area contributed by atoms with Crippen LogP contribution in [0, 0.1) is 13.8 Å². The van der Waals surface area contributed by atoms with Crippen LogP contribution in [0.15, 0.2) is 46.9 Å². The van der Waals surface area contributed by atoms with Crippen LogP contribution in [0.5, 0.6) is 0 Å². The van der Waals surface area contributed by atoms with Crippen molar-refractivity contribution in [2.75, 3.05) is 11.9 Å². The van der Waals surface area contributed by atoms with Crippen LogP contribution in [0.2, 0.25) is 0 Å². The Morgan fingerprint density at radius 3 is 2.19 bits per heavy atom. The Morgan fingerprint density at radius 1 is 0.962 bits per heavy atom. The van der Waals surface area contributed by atoms with E-state index in [1.165, 1.54) is 0 Å². The first kappa shape index (κ1) is 19.8. The predicted octanol–water partition coefficient (Wildman–Crippen LogP) is 4.21. The lowest BCUT2D eigenvalue weighted by Crippen LogP contribution is -2.22. The van der Waals surface area contributed by atoms with E-state index in [0.29, 0.717) is 5.56 Å². The second-order valence-corrected chi connectivity index (χ2v) is 6.82. The van der Waals surface area contributed by atoms with E-state index in [2.05, 4.69) is 21.2 Å². The molecule has 6 heteroatoms. The van der Waals surface area contributed by atoms with Gasteiger partial charge in [0.1, 0.15) is 0 Å². The van der Waals surface area contributed by atoms with Crippen LogP contribution in [0.25, 0.3) is 0 Å². The van der Waals surface area contributed by atoms with Crippen molar-refractivity contribution in [3.63, 3.8) is 0 Å². The van der Waals surface area contributed by atoms with Gasteiger partial charge in [-0.25, -0.2) is 0 Å². The number of para-hydroxylation sites is 1. The second-order valence-electron chi connectivity index (χ2n) is 5.91. The molecule has 0 spiro atoms. The molecular formula is C20H20BrNO4. The van der Waals surface area contributed by atoms with Gasteiger partial charge < -0.3 is 10.1 Å². The number of aryl methyl sites for hydroxylation is 2. The Hall–Kier alpha value is -2.47. The molecule has 0 radical (unpaired) electrons. The van der Waals surface area contributed by atoms with E-state index in [1.807, 2.05) is 32.0 Å². The average molecular weight is 418 g/mol. The van der Waals surface area contributed by atoms with Crippen LogP contribution in [0.3, 0.4) is 0 Å². The van der Waals surface area contributed by atoms with Crippen molar-refractivity contribution in [1.82, 2.24) is 0 Å². The van der Waals surface area contributed by atoms with Crippen LogP contribution < -0.4 is 5.32 Å². The number of ketones is 1. The van der Waals surface area contributed by atoms with Gasteiger partial charge in [0.15, 0.2) is 12.4 Å². The third kappa shape index (κ3) is 5.81. The maximum Gasteiger partial charge on any atom is 0.306 e. The molecule has 0 aliphatic carbocycles. The van der Waals surface area contributed by atoms with E-state index in [9.17, 15) is 14.4 Å². The van der Waals surface area contributed by atoms with Gasteiger partial charge in [0.2, 0.25) is 0 Å². The minimum atomic E-state index is -0.577. The molecule has 0 aromatic heterocycles. The van der Waals surface area contributed by atoms with Gasteiger partial charge >= 0.3 is 5.97 Å². The number of hydrogen-bond acceptors (Lipinski definition) is 4. The molecular weight excluding hydrogens is 398 g/mol. The smallest absolute Gasteiger partial charge is 0.306 e. The van der Waals surface area contributed by atoms with Crippen LogP contribution in [-0.4, -0.2) is 24.3 Å². The number of rotatable bonds is 7. The molecule has 0 aliphatic rings. The third-order valence-corrected chi connectivity index (χ3v) is 4.36. The molecule has 0 aliphatic heterocycles. The number of amides is 1. The van der Waals surface area contributed by atoms with Crippen molar-refractivity contribution < 1.29 is 19.1 Å². The van der Waals surface area contributed by atoms with E-state index in [-0.39, 0.29) is 25.2 Å². The van der Waals surface area contributed by atoms with Crippen LogP contribution in [0.4, 0.5) is 5.69 Å². The molecule has 2 rings (SSSR count). The summed E-state index contributed by atoms with van der Waals surface area (Å²) in [5, 5.41) is 2.74. The van der Waals surface area contributed by atoms with Crippen molar-refractivity contribution in [2.45, 2.75) is 26.7 Å². The zero-order chi connectivity index (χ0) is 19.1. The van der Waals surface area contributed by atoms with Crippen molar-refractivity contribution in [3.05, 3.63) is 63.6 Å². The standard InChI is InChI=1S/C20H20BrNO4/c1-13-4-3-5-14(2)20(13)22-18(24)12-26-19(25)11-10-17(23)15-6-8-16(21)9-7-15/h3-9H,10-12H2,1-2H3,(H,22,24). The Labute approximate surface area is 160 Å². The first-order valence-electron chi connectivity index (χ1n) is 8.17. The van der Waals surface area contributed by atoms with Gasteiger partial charge in [-0.2, -0.15) is 0 Å². The fourth-order valence-corrected chi connectivity index (χ4v) is 2.67. The van der Waals surface area contributed by atoms with E-state index in [0.717, 1.165) is 21.3 Å². The lowest BCUT2D eigenvalue weighted by Gasteiger charge is -2.11. The number of esters is 1. The summed E-state index contributed by atoms with van der Waals surface area (Å²) in [7, 11) is 0. The Morgan fingerprint density at radius 2 is 1.58 bits per heavy atom. The van der Waals surface area contributed by atoms with Gasteiger partial charge in [-0.05, 0) is 37.1 Å². The Bertz CT molecular complexity index is 795. The summed E-state index contributed by atoms with van der Waals surface area (Å²) in [4.78, 5) is 35.7. The molecule has 1 amide bonds. The summed E-state index contributed by atoms with van der Waals surface area (Å²) < 4.78 is 5.83. The van der Waals surface area contributed by atoms with Crippen molar-refractivity contribution >= 4 is 39.3 Å². The molecule has 2 aromatic carbocycles. The van der Waals surface area contributed by atoms with Gasteiger partial charge in [-0.1, -0.05) is 46.3 Å². The van der Waals surface area contributed by atoms with E-state index in [4.69, 9.17) is 4.74 Å². The largest absolute Gasteiger partial charge is 0.456 e. The summed E-state index contributed by atoms with van der Waals surface area (Å²) in [6.45, 7) is 3.41. The van der Waals surface area contributed by atoms with E-state index >= 15 is 0 Å². The lowest BCUT2D eigenvalue weighted by molar-refractivity contribution is -0.147. The molecule has 0 heterocycles. The maximum atomic E-state index is 12.0. The lowest BCUT2D eigenvalue weighted by atomic mass is 10.1. The topological polar surface area (TPSA) is 72.5 Å². The van der Waals surface area contributed by atoms with Gasteiger partial charge in [0.05, 0.1) is 6.42 Å². The van der Waals surface area contributed by atoms with Gasteiger partial charge in [-0.15, -0.1) is 0 Å². The highest BCUT2D eigenvalue weighted by Crippen LogP contribution is 2.19. The monoisotopic (exact) mass is 417 g/mol. The molecule has 136 valence electrons. The SMILES string of the molecule is Cc1cccc(C)c1NC(=O)COC(=O)CCC(=O)c1ccc(Br)cc1. The zero-order valence-electron chi connectivity index (χ0n) is 14.7. The predicted molar refractivity (Wildman–Crippen MR) is 103 cm³/mol. The molecule has 2 aromatic rings. The molecule has 0 unspecified atom stereocenters. The summed E-state index contributed by atoms with van der Waals surface area (Å²) in [5.74, 6) is -1.13. The minimum absolute atomic E-state index is 0.0407. The van der Waals surface area contributed by atoms with E-state index in [1.54, 1.807) is 24.3 Å². The number of benzene rings is 2. The molecule has 0 saturated carbocycles. The number of anilines is 1. The van der Waals surface area contributed by atoms with Crippen molar-refractivity contribution in [3.8, 4) is 0 Å². The number of ether oxygens (including phenoxy) is 1. The molecule has 0 bridgehead atoms. The minimum Gasteiger partial charge on any atom is -0.456 e. The van der Waals surface area contributed by atoms with Gasteiger partial charge in [0.25, 0.3) is 5.91 Å². The zero-order valence-corrected chi connectivity index (χ0v) is 16.3. The first-order valence-corrected chi connectivity index (χ1v) is 8.96. The normalized spacial score (nSPS) is 10.3. The second kappa shape index (κ2) is 9.29. The van der Waals surface area contributed by atoms with Gasteiger partial charge in [-0.3, -0.25) is 14.4 Å². The molecule has 0 fully saturated rings. The fourth-order valence-electron chi connectivity index (χ4n) is 2.40. The number of carbonyl (C=O) groups excluding carboxylic acids is 3. The summed E-state index contributed by atoms with van der Waals surface area (Å²) >= 11 is 3.30. The number of hydrogen-bond donors (Lipinski definition) is 1. The van der Waals surface area contributed by atoms with Crippen molar-refractivity contribution in [1.29, 1.82) is 0 Å². The molecule has 1 N–H and O–H groups in total. The quantitative estimate of drug-likeness (QED) is 0.540. The molecule has 0 saturated heterocycles. The average Bonchev–Trinajstić information content (AvgIpc) is 2.61. The number of nitrogens with one attached hydrogen (secondary N) is 1. The van der Waals surface area contributed by atoms with Gasteiger partial charge in [0, 0.05) is 22.1 Å². The number of carbonyl (C=O) groups is 3. The van der Waals surface area contributed by atoms with Crippen LogP contribution in [0.1, 0.15) is 34.3 Å². The van der Waals surface area contributed by atoms with E-state index < -0.39 is 11.9 Å². The molecule has 26 heavy (non-hydrogen) atoms. The Kier molecular flexibility index (Phi) is 7.09. The molecule has 0 atom stereocenters. The molecule has 5 nitrogen and oxygen atoms in total. The summed E-state index contributed by atoms with van der Waals surface area (Å²) in [6, 6.07) is 12.6. The highest BCUT2D eigenvalue weighted by molar-refractivity contribution is 9.10.